The molecule has 0 aromatic carbocycles. The molecule has 5 atom stereocenters. The Hall–Kier alpha value is -0.760. The quantitative estimate of drug-likeness (QED) is 0.317. The molecule has 0 amide bonds. The summed E-state index contributed by atoms with van der Waals surface area (Å²) in [5, 5.41) is 8.70. The molecule has 3 aliphatic rings. The van der Waals surface area contributed by atoms with Crippen molar-refractivity contribution in [3.63, 3.8) is 0 Å². The van der Waals surface area contributed by atoms with Gasteiger partial charge in [-0.3, -0.25) is 9.00 Å². The van der Waals surface area contributed by atoms with Gasteiger partial charge in [0, 0.05) is 30.1 Å². The van der Waals surface area contributed by atoms with E-state index in [1.54, 1.807) is 4.31 Å². The van der Waals surface area contributed by atoms with Gasteiger partial charge in [0.05, 0.1) is 18.2 Å². The predicted molar refractivity (Wildman–Crippen MR) is 107 cm³/mol. The summed E-state index contributed by atoms with van der Waals surface area (Å²) in [5.74, 6) is 0.104. The van der Waals surface area contributed by atoms with Gasteiger partial charge in [0.2, 0.25) is 0 Å². The third-order valence-electron chi connectivity index (χ3n) is 6.73. The number of hydrogen-bond donors (Lipinski definition) is 1. The number of rotatable bonds is 11. The Labute approximate surface area is 171 Å². The fraction of sp³-hybridized carbons (Fsp3) is 0.857. The first-order valence-electron chi connectivity index (χ1n) is 10.9. The SMILES string of the molecule is O=C(O)CCCC=CCC1C2CCC(O2)C1N(CCC1CCCCC1)S(=O)[O-]. The number of nitrogens with zero attached hydrogens (tertiary/aromatic N) is 1. The maximum Gasteiger partial charge on any atom is 0.303 e. The lowest BCUT2D eigenvalue weighted by molar-refractivity contribution is -0.137. The first kappa shape index (κ1) is 21.9. The summed E-state index contributed by atoms with van der Waals surface area (Å²) < 4.78 is 31.9. The van der Waals surface area contributed by atoms with Crippen LogP contribution in [0.5, 0.6) is 0 Å². The fourth-order valence-corrected chi connectivity index (χ4v) is 6.04. The first-order chi connectivity index (χ1) is 13.6. The maximum atomic E-state index is 12.1. The number of carboxylic acid groups (broad SMARTS) is 1. The summed E-state index contributed by atoms with van der Waals surface area (Å²) in [6, 6.07) is -0.0515. The molecule has 5 unspecified atom stereocenters. The highest BCUT2D eigenvalue weighted by Crippen LogP contribution is 2.44. The summed E-state index contributed by atoms with van der Waals surface area (Å²) in [6.45, 7) is 0.608. The Balaban J connectivity index is 1.55. The van der Waals surface area contributed by atoms with Gasteiger partial charge in [-0.2, -0.15) is 0 Å². The molecule has 2 bridgehead atoms. The van der Waals surface area contributed by atoms with Crippen LogP contribution in [-0.4, -0.2) is 48.9 Å². The number of fused-ring (bicyclic) bond motifs is 2. The molecule has 3 rings (SSSR count). The molecule has 2 heterocycles. The van der Waals surface area contributed by atoms with Crippen molar-refractivity contribution in [3.05, 3.63) is 12.2 Å². The van der Waals surface area contributed by atoms with E-state index in [2.05, 4.69) is 6.08 Å². The molecule has 6 nitrogen and oxygen atoms in total. The van der Waals surface area contributed by atoms with Crippen molar-refractivity contribution in [1.82, 2.24) is 4.31 Å². The van der Waals surface area contributed by atoms with Crippen molar-refractivity contribution in [2.45, 2.75) is 95.3 Å². The maximum absolute atomic E-state index is 12.1. The van der Waals surface area contributed by atoms with E-state index in [-0.39, 0.29) is 30.6 Å². The minimum absolute atomic E-state index is 0.0275. The van der Waals surface area contributed by atoms with Gasteiger partial charge < -0.3 is 14.4 Å². The van der Waals surface area contributed by atoms with E-state index < -0.39 is 17.2 Å². The van der Waals surface area contributed by atoms with Crippen LogP contribution >= 0.6 is 0 Å². The van der Waals surface area contributed by atoms with Gasteiger partial charge in [-0.1, -0.05) is 44.3 Å². The third kappa shape index (κ3) is 5.88. The second-order valence-electron chi connectivity index (χ2n) is 8.59. The van der Waals surface area contributed by atoms with Gasteiger partial charge in [0.25, 0.3) is 0 Å². The summed E-state index contributed by atoms with van der Waals surface area (Å²) in [6.07, 6.45) is 15.9. The van der Waals surface area contributed by atoms with Crippen LogP contribution in [0.1, 0.15) is 77.0 Å². The highest BCUT2D eigenvalue weighted by Gasteiger charge is 2.51. The molecule has 1 saturated carbocycles. The van der Waals surface area contributed by atoms with Crippen LogP contribution in [0.3, 0.4) is 0 Å². The number of ether oxygens (including phenoxy) is 1. The molecule has 0 radical (unpaired) electrons. The second-order valence-corrected chi connectivity index (χ2v) is 9.49. The van der Waals surface area contributed by atoms with E-state index in [1.807, 2.05) is 6.08 Å². The lowest BCUT2D eigenvalue weighted by Crippen LogP contribution is -2.48. The summed E-state index contributed by atoms with van der Waals surface area (Å²) in [7, 11) is 0. The fourth-order valence-electron chi connectivity index (χ4n) is 5.29. The van der Waals surface area contributed by atoms with Gasteiger partial charge in [0.1, 0.15) is 0 Å². The minimum Gasteiger partial charge on any atom is -0.760 e. The number of unbranched alkanes of at least 4 members (excludes halogenated alkanes) is 1. The number of carbonyl (C=O) groups is 1. The molecule has 2 saturated heterocycles. The molecular weight excluding hydrogens is 378 g/mol. The number of allylic oxidation sites excluding steroid dienone is 2. The monoisotopic (exact) mass is 412 g/mol. The van der Waals surface area contributed by atoms with Gasteiger partial charge in [-0.05, 0) is 44.4 Å². The molecule has 1 aliphatic carbocycles. The van der Waals surface area contributed by atoms with Crippen molar-refractivity contribution >= 4 is 17.2 Å². The predicted octanol–water partition coefficient (Wildman–Crippen LogP) is 3.80. The first-order valence-corrected chi connectivity index (χ1v) is 12.0. The normalized spacial score (nSPS) is 31.8. The number of aliphatic carboxylic acids is 1. The average Bonchev–Trinajstić information content (AvgIpc) is 3.27. The second kappa shape index (κ2) is 10.9. The largest absolute Gasteiger partial charge is 0.760 e. The topological polar surface area (TPSA) is 89.9 Å². The van der Waals surface area contributed by atoms with Crippen LogP contribution in [0.15, 0.2) is 12.2 Å². The highest BCUT2D eigenvalue weighted by atomic mass is 32.2. The zero-order valence-corrected chi connectivity index (χ0v) is 17.5. The zero-order valence-electron chi connectivity index (χ0n) is 16.7. The van der Waals surface area contributed by atoms with Crippen LogP contribution in [-0.2, 0) is 20.8 Å². The van der Waals surface area contributed by atoms with Gasteiger partial charge in [-0.15, -0.1) is 0 Å². The Morgan fingerprint density at radius 2 is 1.89 bits per heavy atom. The highest BCUT2D eigenvalue weighted by molar-refractivity contribution is 7.76. The van der Waals surface area contributed by atoms with Crippen LogP contribution in [0, 0.1) is 11.8 Å². The molecule has 3 fully saturated rings. The smallest absolute Gasteiger partial charge is 0.303 e. The lowest BCUT2D eigenvalue weighted by atomic mass is 9.81. The molecular formula is C21H34NO5S-. The minimum atomic E-state index is -2.22. The van der Waals surface area contributed by atoms with Crippen LogP contribution in [0.4, 0.5) is 0 Å². The molecule has 1 N–H and O–H groups in total. The molecule has 2 aliphatic heterocycles. The van der Waals surface area contributed by atoms with E-state index in [9.17, 15) is 13.6 Å². The van der Waals surface area contributed by atoms with Gasteiger partial charge >= 0.3 is 5.97 Å². The Bertz CT molecular complexity index is 563. The molecule has 7 heteroatoms. The number of carboxylic acids is 1. The zero-order chi connectivity index (χ0) is 19.9. The van der Waals surface area contributed by atoms with Crippen molar-refractivity contribution in [2.75, 3.05) is 6.54 Å². The summed E-state index contributed by atoms with van der Waals surface area (Å²) in [5.41, 5.74) is 0. The lowest BCUT2D eigenvalue weighted by Gasteiger charge is -2.39. The van der Waals surface area contributed by atoms with Crippen molar-refractivity contribution < 1.29 is 23.4 Å². The Morgan fingerprint density at radius 1 is 1.14 bits per heavy atom. The van der Waals surface area contributed by atoms with Gasteiger partial charge in [0.15, 0.2) is 0 Å². The Kier molecular flexibility index (Phi) is 8.51. The number of hydrogen-bond acceptors (Lipinski definition) is 4. The average molecular weight is 413 g/mol. The molecule has 28 heavy (non-hydrogen) atoms. The molecule has 0 aromatic rings. The van der Waals surface area contributed by atoms with E-state index >= 15 is 0 Å². The van der Waals surface area contributed by atoms with Gasteiger partial charge in [-0.25, -0.2) is 4.31 Å². The van der Waals surface area contributed by atoms with E-state index in [1.165, 1.54) is 32.1 Å². The van der Waals surface area contributed by atoms with Crippen LogP contribution < -0.4 is 0 Å². The van der Waals surface area contributed by atoms with Crippen molar-refractivity contribution in [1.29, 1.82) is 0 Å². The summed E-state index contributed by atoms with van der Waals surface area (Å²) >= 11 is -2.22. The van der Waals surface area contributed by atoms with E-state index in [0.717, 1.165) is 32.1 Å². The molecule has 160 valence electrons. The van der Waals surface area contributed by atoms with Crippen LogP contribution in [0.2, 0.25) is 0 Å². The molecule has 0 aromatic heterocycles. The summed E-state index contributed by atoms with van der Waals surface area (Å²) in [4.78, 5) is 10.6. The van der Waals surface area contributed by atoms with Crippen LogP contribution in [0.25, 0.3) is 0 Å². The standard InChI is InChI=1S/C21H35NO5S/c23-20(24)11-7-2-1-6-10-17-18-12-13-19(27-18)21(17)22(28(25)26)15-14-16-8-4-3-5-9-16/h1,6,16-19,21H,2-5,7-15H2,(H,23,24)(H,25,26)/p-1. The van der Waals surface area contributed by atoms with E-state index in [0.29, 0.717) is 18.9 Å². The van der Waals surface area contributed by atoms with E-state index in [4.69, 9.17) is 9.84 Å². The molecule has 0 spiro atoms. The van der Waals surface area contributed by atoms with Crippen molar-refractivity contribution in [3.8, 4) is 0 Å². The Morgan fingerprint density at radius 3 is 2.61 bits per heavy atom. The van der Waals surface area contributed by atoms with Crippen molar-refractivity contribution in [2.24, 2.45) is 11.8 Å². The third-order valence-corrected chi connectivity index (χ3v) is 7.53.